The third-order valence-corrected chi connectivity index (χ3v) is 2.52. The highest BCUT2D eigenvalue weighted by atomic mass is 16.5. The molecule has 0 aromatic carbocycles. The van der Waals surface area contributed by atoms with E-state index in [1.807, 2.05) is 20.8 Å². The Bertz CT molecular complexity index is 129. The van der Waals surface area contributed by atoms with Crippen LogP contribution in [0.4, 0.5) is 0 Å². The van der Waals surface area contributed by atoms with E-state index in [-0.39, 0.29) is 5.78 Å². The zero-order valence-electron chi connectivity index (χ0n) is 8.64. The standard InChI is InChI=1S/C10H20O2/c1-5-8-9(11)10(6-2,7-3)12-4/h5-8H2,1-4H3. The van der Waals surface area contributed by atoms with Crippen LogP contribution in [0.15, 0.2) is 0 Å². The Hall–Kier alpha value is -0.370. The Kier molecular flexibility index (Phi) is 5.14. The van der Waals surface area contributed by atoms with Crippen molar-refractivity contribution >= 4 is 5.78 Å². The van der Waals surface area contributed by atoms with Crippen LogP contribution in [0.5, 0.6) is 0 Å². The fraction of sp³-hybridized carbons (Fsp3) is 0.900. The average molecular weight is 172 g/mol. The van der Waals surface area contributed by atoms with Gasteiger partial charge in [-0.05, 0) is 19.3 Å². The van der Waals surface area contributed by atoms with Gasteiger partial charge in [0.05, 0.1) is 0 Å². The van der Waals surface area contributed by atoms with Crippen LogP contribution in [0.2, 0.25) is 0 Å². The Morgan fingerprint density at radius 2 is 1.75 bits per heavy atom. The zero-order valence-corrected chi connectivity index (χ0v) is 8.64. The molecule has 0 N–H and O–H groups in total. The van der Waals surface area contributed by atoms with Gasteiger partial charge in [0.15, 0.2) is 5.78 Å². The molecule has 12 heavy (non-hydrogen) atoms. The summed E-state index contributed by atoms with van der Waals surface area (Å²) in [6.07, 6.45) is 3.09. The number of carbonyl (C=O) groups excluding carboxylic acids is 1. The van der Waals surface area contributed by atoms with Gasteiger partial charge in [-0.3, -0.25) is 4.79 Å². The second kappa shape index (κ2) is 5.31. The van der Waals surface area contributed by atoms with Crippen LogP contribution >= 0.6 is 0 Å². The van der Waals surface area contributed by atoms with Gasteiger partial charge in [-0.15, -0.1) is 0 Å². The molecule has 0 spiro atoms. The van der Waals surface area contributed by atoms with Crippen molar-refractivity contribution < 1.29 is 9.53 Å². The van der Waals surface area contributed by atoms with E-state index < -0.39 is 5.60 Å². The van der Waals surface area contributed by atoms with Crippen molar-refractivity contribution in [3.63, 3.8) is 0 Å². The minimum Gasteiger partial charge on any atom is -0.370 e. The summed E-state index contributed by atoms with van der Waals surface area (Å²) in [4.78, 5) is 11.6. The molecule has 0 atom stereocenters. The molecular formula is C10H20O2. The number of carbonyl (C=O) groups is 1. The Morgan fingerprint density at radius 1 is 1.25 bits per heavy atom. The maximum absolute atomic E-state index is 11.6. The van der Waals surface area contributed by atoms with Gasteiger partial charge in [0, 0.05) is 13.5 Å². The van der Waals surface area contributed by atoms with Gasteiger partial charge in [-0.1, -0.05) is 20.8 Å². The molecule has 0 bridgehead atoms. The summed E-state index contributed by atoms with van der Waals surface area (Å²) in [7, 11) is 1.63. The first-order valence-electron chi connectivity index (χ1n) is 4.75. The number of methoxy groups -OCH3 is 1. The molecule has 0 amide bonds. The Morgan fingerprint density at radius 3 is 2.00 bits per heavy atom. The fourth-order valence-corrected chi connectivity index (χ4v) is 1.50. The number of hydrogen-bond acceptors (Lipinski definition) is 2. The van der Waals surface area contributed by atoms with E-state index in [0.717, 1.165) is 19.3 Å². The normalized spacial score (nSPS) is 11.7. The molecule has 0 aliphatic heterocycles. The SMILES string of the molecule is CCCC(=O)C(CC)(CC)OC. The number of ether oxygens (including phenoxy) is 1. The van der Waals surface area contributed by atoms with Gasteiger partial charge in [-0.2, -0.15) is 0 Å². The summed E-state index contributed by atoms with van der Waals surface area (Å²) in [6.45, 7) is 6.02. The number of rotatable bonds is 6. The van der Waals surface area contributed by atoms with E-state index in [1.165, 1.54) is 0 Å². The highest BCUT2D eigenvalue weighted by Gasteiger charge is 2.33. The van der Waals surface area contributed by atoms with Crippen LogP contribution in [-0.2, 0) is 9.53 Å². The minimum atomic E-state index is -0.504. The van der Waals surface area contributed by atoms with Crippen molar-refractivity contribution in [2.75, 3.05) is 7.11 Å². The highest BCUT2D eigenvalue weighted by Crippen LogP contribution is 2.22. The van der Waals surface area contributed by atoms with E-state index in [9.17, 15) is 4.79 Å². The van der Waals surface area contributed by atoms with Crippen LogP contribution in [0.25, 0.3) is 0 Å². The van der Waals surface area contributed by atoms with E-state index in [1.54, 1.807) is 7.11 Å². The lowest BCUT2D eigenvalue weighted by Crippen LogP contribution is -2.39. The maximum atomic E-state index is 11.6. The first kappa shape index (κ1) is 11.6. The predicted molar refractivity (Wildman–Crippen MR) is 50.2 cm³/mol. The second-order valence-corrected chi connectivity index (χ2v) is 3.08. The van der Waals surface area contributed by atoms with E-state index in [4.69, 9.17) is 4.74 Å². The second-order valence-electron chi connectivity index (χ2n) is 3.08. The van der Waals surface area contributed by atoms with Gasteiger partial charge in [0.2, 0.25) is 0 Å². The third kappa shape index (κ3) is 2.31. The number of Topliss-reactive ketones (excluding diaryl/α,β-unsaturated/α-hetero) is 1. The van der Waals surface area contributed by atoms with Crippen LogP contribution in [-0.4, -0.2) is 18.5 Å². The van der Waals surface area contributed by atoms with Crippen molar-refractivity contribution in [3.8, 4) is 0 Å². The molecule has 2 heteroatoms. The molecule has 0 saturated carbocycles. The van der Waals surface area contributed by atoms with Crippen LogP contribution in [0.1, 0.15) is 46.5 Å². The van der Waals surface area contributed by atoms with Crippen LogP contribution < -0.4 is 0 Å². The van der Waals surface area contributed by atoms with Gasteiger partial charge in [-0.25, -0.2) is 0 Å². The van der Waals surface area contributed by atoms with Crippen molar-refractivity contribution in [3.05, 3.63) is 0 Å². The fourth-order valence-electron chi connectivity index (χ4n) is 1.50. The quantitative estimate of drug-likeness (QED) is 0.615. The molecule has 72 valence electrons. The van der Waals surface area contributed by atoms with Crippen molar-refractivity contribution in [1.82, 2.24) is 0 Å². The molecule has 0 aromatic rings. The van der Waals surface area contributed by atoms with Gasteiger partial charge < -0.3 is 4.74 Å². The monoisotopic (exact) mass is 172 g/mol. The van der Waals surface area contributed by atoms with Gasteiger partial charge in [0.25, 0.3) is 0 Å². The molecule has 0 rings (SSSR count). The summed E-state index contributed by atoms with van der Waals surface area (Å²) < 4.78 is 5.30. The topological polar surface area (TPSA) is 26.3 Å². The molecule has 0 aliphatic carbocycles. The lowest BCUT2D eigenvalue weighted by atomic mass is 9.89. The molecule has 0 aliphatic rings. The molecule has 0 unspecified atom stereocenters. The van der Waals surface area contributed by atoms with Gasteiger partial charge >= 0.3 is 0 Å². The molecule has 0 fully saturated rings. The van der Waals surface area contributed by atoms with Gasteiger partial charge in [0.1, 0.15) is 5.60 Å². The summed E-state index contributed by atoms with van der Waals surface area (Å²) in [5, 5.41) is 0. The highest BCUT2D eigenvalue weighted by molar-refractivity contribution is 5.87. The summed E-state index contributed by atoms with van der Waals surface area (Å²) in [5.41, 5.74) is -0.504. The Balaban J connectivity index is 4.36. The van der Waals surface area contributed by atoms with E-state index in [0.29, 0.717) is 6.42 Å². The van der Waals surface area contributed by atoms with Crippen molar-refractivity contribution in [2.24, 2.45) is 0 Å². The minimum absolute atomic E-state index is 0.248. The summed E-state index contributed by atoms with van der Waals surface area (Å²) in [6, 6.07) is 0. The van der Waals surface area contributed by atoms with E-state index >= 15 is 0 Å². The number of ketones is 1. The zero-order chi connectivity index (χ0) is 9.61. The average Bonchev–Trinajstić information content (AvgIpc) is 2.09. The smallest absolute Gasteiger partial charge is 0.164 e. The third-order valence-electron chi connectivity index (χ3n) is 2.52. The maximum Gasteiger partial charge on any atom is 0.164 e. The van der Waals surface area contributed by atoms with Crippen molar-refractivity contribution in [2.45, 2.75) is 52.1 Å². The lowest BCUT2D eigenvalue weighted by molar-refractivity contribution is -0.142. The Labute approximate surface area is 75.3 Å². The first-order chi connectivity index (χ1) is 5.66. The largest absolute Gasteiger partial charge is 0.370 e. The summed E-state index contributed by atoms with van der Waals surface area (Å²) in [5.74, 6) is 0.248. The molecule has 0 heterocycles. The number of hydrogen-bond donors (Lipinski definition) is 0. The molecule has 2 nitrogen and oxygen atoms in total. The molecule has 0 aromatic heterocycles. The lowest BCUT2D eigenvalue weighted by Gasteiger charge is -2.28. The summed E-state index contributed by atoms with van der Waals surface area (Å²) >= 11 is 0. The van der Waals surface area contributed by atoms with Crippen LogP contribution in [0.3, 0.4) is 0 Å². The van der Waals surface area contributed by atoms with E-state index in [2.05, 4.69) is 0 Å². The molecule has 0 saturated heterocycles. The van der Waals surface area contributed by atoms with Crippen molar-refractivity contribution in [1.29, 1.82) is 0 Å². The molecular weight excluding hydrogens is 152 g/mol. The molecule has 0 radical (unpaired) electrons. The van der Waals surface area contributed by atoms with Crippen LogP contribution in [0, 0.1) is 0 Å². The first-order valence-corrected chi connectivity index (χ1v) is 4.75. The predicted octanol–water partition coefficient (Wildman–Crippen LogP) is 2.56.